The van der Waals surface area contributed by atoms with E-state index in [4.69, 9.17) is 4.74 Å². The van der Waals surface area contributed by atoms with E-state index >= 15 is 0 Å². The van der Waals surface area contributed by atoms with Crippen LogP contribution in [0.3, 0.4) is 0 Å². The number of carbonyl (C=O) groups is 1. The second-order valence-corrected chi connectivity index (χ2v) is 12.4. The van der Waals surface area contributed by atoms with Crippen LogP contribution in [0.25, 0.3) is 0 Å². The van der Waals surface area contributed by atoms with Crippen molar-refractivity contribution in [2.24, 2.45) is 10.8 Å². The lowest BCUT2D eigenvalue weighted by molar-refractivity contribution is -0.134. The molecule has 5 nitrogen and oxygen atoms in total. The van der Waals surface area contributed by atoms with Crippen molar-refractivity contribution in [3.05, 3.63) is 60.2 Å². The molecule has 1 amide bonds. The lowest BCUT2D eigenvalue weighted by Crippen LogP contribution is -2.47. The molecule has 1 saturated carbocycles. The van der Waals surface area contributed by atoms with Crippen molar-refractivity contribution in [3.63, 3.8) is 0 Å². The molecule has 1 aliphatic carbocycles. The van der Waals surface area contributed by atoms with Gasteiger partial charge in [-0.15, -0.1) is 0 Å². The van der Waals surface area contributed by atoms with Crippen molar-refractivity contribution in [2.75, 3.05) is 51.3 Å². The third-order valence-corrected chi connectivity index (χ3v) is 8.73. The van der Waals surface area contributed by atoms with Crippen molar-refractivity contribution in [2.45, 2.75) is 58.4 Å². The Labute approximate surface area is 217 Å². The molecule has 3 aliphatic rings. The third-order valence-electron chi connectivity index (χ3n) is 8.73. The molecule has 5 heteroatoms. The Bertz CT molecular complexity index is 1050. The number of benzene rings is 2. The van der Waals surface area contributed by atoms with Crippen LogP contribution in [0.1, 0.15) is 57.9 Å². The molecule has 36 heavy (non-hydrogen) atoms. The Morgan fingerprint density at radius 3 is 2.39 bits per heavy atom. The van der Waals surface area contributed by atoms with Gasteiger partial charge >= 0.3 is 0 Å². The summed E-state index contributed by atoms with van der Waals surface area (Å²) in [5.41, 5.74) is 2.92. The van der Waals surface area contributed by atoms with Crippen molar-refractivity contribution in [1.82, 2.24) is 9.80 Å². The highest BCUT2D eigenvalue weighted by Crippen LogP contribution is 2.53. The summed E-state index contributed by atoms with van der Waals surface area (Å²) >= 11 is 0. The van der Waals surface area contributed by atoms with Crippen LogP contribution in [-0.2, 0) is 4.79 Å². The molecule has 2 heterocycles. The summed E-state index contributed by atoms with van der Waals surface area (Å²) in [6.45, 7) is 13.0. The molecule has 2 aromatic rings. The lowest BCUT2D eigenvalue weighted by atomic mass is 9.65. The number of amides is 1. The van der Waals surface area contributed by atoms with Crippen LogP contribution < -0.4 is 9.64 Å². The van der Waals surface area contributed by atoms with Gasteiger partial charge in [-0.3, -0.25) is 9.69 Å². The molecule has 0 radical (unpaired) electrons. The lowest BCUT2D eigenvalue weighted by Gasteiger charge is -2.39. The zero-order chi connectivity index (χ0) is 25.3. The molecule has 0 N–H and O–H groups in total. The van der Waals surface area contributed by atoms with E-state index in [9.17, 15) is 4.79 Å². The number of fused-ring (bicyclic) bond motifs is 2. The van der Waals surface area contributed by atoms with Gasteiger partial charge in [0.15, 0.2) is 0 Å². The van der Waals surface area contributed by atoms with Gasteiger partial charge in [0, 0.05) is 38.8 Å². The fourth-order valence-electron chi connectivity index (χ4n) is 7.45. The molecule has 2 bridgehead atoms. The molecule has 5 rings (SSSR count). The molecule has 3 unspecified atom stereocenters. The number of anilines is 1. The fraction of sp³-hybridized carbons (Fsp3) is 0.581. The Morgan fingerprint density at radius 2 is 1.67 bits per heavy atom. The Hall–Kier alpha value is -2.53. The smallest absolute Gasteiger partial charge is 0.230 e. The molecule has 2 aliphatic heterocycles. The third kappa shape index (κ3) is 5.27. The van der Waals surface area contributed by atoms with E-state index in [0.717, 1.165) is 64.3 Å². The minimum atomic E-state index is -0.0653. The van der Waals surface area contributed by atoms with E-state index < -0.39 is 0 Å². The molecule has 0 aromatic heterocycles. The maximum atomic E-state index is 14.1. The van der Waals surface area contributed by atoms with E-state index in [-0.39, 0.29) is 11.3 Å². The van der Waals surface area contributed by atoms with Gasteiger partial charge in [0.2, 0.25) is 5.91 Å². The fourth-order valence-corrected chi connectivity index (χ4v) is 7.45. The topological polar surface area (TPSA) is 36.0 Å². The van der Waals surface area contributed by atoms with Gasteiger partial charge < -0.3 is 14.5 Å². The van der Waals surface area contributed by atoms with E-state index in [0.29, 0.717) is 17.4 Å². The number of likely N-dealkylation sites (tertiary alicyclic amines) is 1. The van der Waals surface area contributed by atoms with Gasteiger partial charge in [-0.1, -0.05) is 63.2 Å². The molecular weight excluding hydrogens is 446 g/mol. The second-order valence-electron chi connectivity index (χ2n) is 12.4. The highest BCUT2D eigenvalue weighted by Gasteiger charge is 2.51. The van der Waals surface area contributed by atoms with Crippen molar-refractivity contribution >= 4 is 11.6 Å². The van der Waals surface area contributed by atoms with Gasteiger partial charge in [-0.2, -0.15) is 0 Å². The van der Waals surface area contributed by atoms with Crippen LogP contribution in [0.4, 0.5) is 5.69 Å². The van der Waals surface area contributed by atoms with Gasteiger partial charge in [0.05, 0.1) is 18.7 Å². The first-order valence-corrected chi connectivity index (χ1v) is 13.7. The monoisotopic (exact) mass is 489 g/mol. The predicted octanol–water partition coefficient (Wildman–Crippen LogP) is 5.42. The number of methoxy groups -OCH3 is 1. The standard InChI is InChI=1S/C31H43N3O2/c1-30(2)20-25-21-31(3,22-30)23-34(25)29(35)26(24-10-6-5-7-11-24)14-15-32-16-18-33(19-17-32)27-12-8-9-13-28(27)36-4/h5-13,25-26H,14-23H2,1-4H3. The number of rotatable bonds is 7. The minimum absolute atomic E-state index is 0.0653. The second kappa shape index (κ2) is 10.1. The van der Waals surface area contributed by atoms with Crippen LogP contribution in [0.2, 0.25) is 0 Å². The SMILES string of the molecule is COc1ccccc1N1CCN(CCC(C(=O)N2CC3(C)CC2CC(C)(C)C3)c2ccccc2)CC1. The quantitative estimate of drug-likeness (QED) is 0.520. The normalized spacial score (nSPS) is 26.6. The Kier molecular flexibility index (Phi) is 7.04. The van der Waals surface area contributed by atoms with E-state index in [2.05, 4.69) is 77.9 Å². The number of hydrogen-bond donors (Lipinski definition) is 0. The van der Waals surface area contributed by atoms with Gasteiger partial charge in [-0.05, 0) is 60.8 Å². The summed E-state index contributed by atoms with van der Waals surface area (Å²) in [6, 6.07) is 19.2. The van der Waals surface area contributed by atoms with Crippen molar-refractivity contribution in [3.8, 4) is 5.75 Å². The minimum Gasteiger partial charge on any atom is -0.495 e. The summed E-state index contributed by atoms with van der Waals surface area (Å²) in [5, 5.41) is 0. The molecule has 3 atom stereocenters. The number of nitrogens with zero attached hydrogens (tertiary/aromatic N) is 3. The van der Waals surface area contributed by atoms with Crippen molar-refractivity contribution < 1.29 is 9.53 Å². The first-order valence-electron chi connectivity index (χ1n) is 13.7. The first kappa shape index (κ1) is 25.1. The van der Waals surface area contributed by atoms with E-state index in [1.807, 2.05) is 12.1 Å². The van der Waals surface area contributed by atoms with Crippen LogP contribution in [0, 0.1) is 10.8 Å². The average molecular weight is 490 g/mol. The van der Waals surface area contributed by atoms with Crippen LogP contribution >= 0.6 is 0 Å². The molecule has 0 spiro atoms. The number of hydrogen-bond acceptors (Lipinski definition) is 4. The molecule has 2 saturated heterocycles. The van der Waals surface area contributed by atoms with Gasteiger partial charge in [-0.25, -0.2) is 0 Å². The predicted molar refractivity (Wildman–Crippen MR) is 147 cm³/mol. The summed E-state index contributed by atoms with van der Waals surface area (Å²) in [4.78, 5) is 21.3. The van der Waals surface area contributed by atoms with Crippen LogP contribution in [-0.4, -0.2) is 68.1 Å². The summed E-state index contributed by atoms with van der Waals surface area (Å²) in [7, 11) is 1.74. The number of para-hydroxylation sites is 2. The van der Waals surface area contributed by atoms with Crippen LogP contribution in [0.5, 0.6) is 5.75 Å². The summed E-state index contributed by atoms with van der Waals surface area (Å²) in [6.07, 6.45) is 4.38. The summed E-state index contributed by atoms with van der Waals surface area (Å²) < 4.78 is 5.58. The Morgan fingerprint density at radius 1 is 0.972 bits per heavy atom. The van der Waals surface area contributed by atoms with Crippen molar-refractivity contribution in [1.29, 1.82) is 0 Å². The summed E-state index contributed by atoms with van der Waals surface area (Å²) in [5.74, 6) is 1.22. The zero-order valence-electron chi connectivity index (χ0n) is 22.6. The van der Waals surface area contributed by atoms with Crippen LogP contribution in [0.15, 0.2) is 54.6 Å². The van der Waals surface area contributed by atoms with E-state index in [1.165, 1.54) is 17.7 Å². The number of carbonyl (C=O) groups excluding carboxylic acids is 1. The molecular formula is C31H43N3O2. The zero-order valence-corrected chi connectivity index (χ0v) is 22.6. The molecule has 194 valence electrons. The van der Waals surface area contributed by atoms with Gasteiger partial charge in [0.25, 0.3) is 0 Å². The Balaban J connectivity index is 1.25. The van der Waals surface area contributed by atoms with E-state index in [1.54, 1.807) is 7.11 Å². The number of piperazine rings is 1. The largest absolute Gasteiger partial charge is 0.495 e. The highest BCUT2D eigenvalue weighted by atomic mass is 16.5. The highest BCUT2D eigenvalue weighted by molar-refractivity contribution is 5.84. The maximum Gasteiger partial charge on any atom is 0.230 e. The molecule has 2 aromatic carbocycles. The van der Waals surface area contributed by atoms with Gasteiger partial charge in [0.1, 0.15) is 5.75 Å². The maximum absolute atomic E-state index is 14.1. The number of ether oxygens (including phenoxy) is 1. The molecule has 3 fully saturated rings. The first-order chi connectivity index (χ1) is 17.3. The average Bonchev–Trinajstić information content (AvgIpc) is 3.13.